The smallest absolute Gasteiger partial charge is 0.409 e. The lowest BCUT2D eigenvalue weighted by Crippen LogP contribution is -2.52. The van der Waals surface area contributed by atoms with Crippen LogP contribution < -0.4 is 5.32 Å². The van der Waals surface area contributed by atoms with E-state index >= 15 is 0 Å². The van der Waals surface area contributed by atoms with Crippen LogP contribution in [-0.2, 0) is 4.74 Å². The highest BCUT2D eigenvalue weighted by Gasteiger charge is 2.28. The van der Waals surface area contributed by atoms with E-state index in [2.05, 4.69) is 5.32 Å². The fraction of sp³-hybridized carbons (Fsp3) is 0.867. The second kappa shape index (κ2) is 8.22. The van der Waals surface area contributed by atoms with Gasteiger partial charge in [-0.05, 0) is 38.5 Å². The number of aliphatic hydroxyl groups is 1. The summed E-state index contributed by atoms with van der Waals surface area (Å²) in [5.41, 5.74) is 0. The van der Waals surface area contributed by atoms with Gasteiger partial charge in [-0.3, -0.25) is 0 Å². The van der Waals surface area contributed by atoms with E-state index in [9.17, 15) is 14.7 Å². The summed E-state index contributed by atoms with van der Waals surface area (Å²) in [6, 6.07) is 0.0559. The van der Waals surface area contributed by atoms with Gasteiger partial charge in [-0.2, -0.15) is 0 Å². The Morgan fingerprint density at radius 1 is 1.18 bits per heavy atom. The average Bonchev–Trinajstić information content (AvgIpc) is 2.55. The van der Waals surface area contributed by atoms with E-state index < -0.39 is 0 Å². The summed E-state index contributed by atoms with van der Waals surface area (Å²) in [7, 11) is 0. The minimum atomic E-state index is -0.269. The lowest BCUT2D eigenvalue weighted by atomic mass is 9.99. The summed E-state index contributed by atoms with van der Waals surface area (Å²) in [5, 5.41) is 12.3. The number of carbonyl (C=O) groups is 2. The minimum absolute atomic E-state index is 0.0484. The Morgan fingerprint density at radius 3 is 2.55 bits per heavy atom. The summed E-state index contributed by atoms with van der Waals surface area (Å²) in [5.74, 6) is 0.199. The van der Waals surface area contributed by atoms with Gasteiger partial charge >= 0.3 is 12.1 Å². The van der Waals surface area contributed by atoms with E-state index in [-0.39, 0.29) is 30.7 Å². The number of aliphatic hydroxyl groups excluding tert-OH is 1. The van der Waals surface area contributed by atoms with Crippen molar-refractivity contribution in [1.82, 2.24) is 15.1 Å². The van der Waals surface area contributed by atoms with Crippen molar-refractivity contribution in [3.63, 3.8) is 0 Å². The molecule has 0 bridgehead atoms. The fourth-order valence-corrected chi connectivity index (χ4v) is 3.09. The zero-order valence-corrected chi connectivity index (χ0v) is 13.3. The summed E-state index contributed by atoms with van der Waals surface area (Å²) >= 11 is 0. The molecule has 1 unspecified atom stereocenters. The van der Waals surface area contributed by atoms with Crippen molar-refractivity contribution in [3.8, 4) is 0 Å². The number of nitrogens with one attached hydrogen (secondary N) is 1. The predicted octanol–water partition coefficient (Wildman–Crippen LogP) is 1.02. The van der Waals surface area contributed by atoms with E-state index in [1.165, 1.54) is 0 Å². The number of likely N-dealkylation sites (tertiary alicyclic amines) is 2. The van der Waals surface area contributed by atoms with Crippen LogP contribution in [0, 0.1) is 5.92 Å². The van der Waals surface area contributed by atoms with Gasteiger partial charge < -0.3 is 25.0 Å². The molecular weight excluding hydrogens is 286 g/mol. The summed E-state index contributed by atoms with van der Waals surface area (Å²) in [4.78, 5) is 27.4. The topological polar surface area (TPSA) is 82.1 Å². The predicted molar refractivity (Wildman–Crippen MR) is 81.5 cm³/mol. The van der Waals surface area contributed by atoms with Crippen LogP contribution in [0.4, 0.5) is 9.59 Å². The zero-order valence-electron chi connectivity index (χ0n) is 13.3. The molecule has 2 fully saturated rings. The van der Waals surface area contributed by atoms with Gasteiger partial charge in [0.25, 0.3) is 0 Å². The molecule has 126 valence electrons. The van der Waals surface area contributed by atoms with Gasteiger partial charge in [0.2, 0.25) is 0 Å². The SMILES string of the molecule is CCOC(=O)N1CCC(NC(=O)N2CCCC(CO)C2)CC1. The van der Waals surface area contributed by atoms with Crippen LogP contribution in [0.3, 0.4) is 0 Å². The van der Waals surface area contributed by atoms with Gasteiger partial charge in [0.15, 0.2) is 0 Å². The fourth-order valence-electron chi connectivity index (χ4n) is 3.09. The first-order valence-corrected chi connectivity index (χ1v) is 8.22. The van der Waals surface area contributed by atoms with Gasteiger partial charge in [-0.15, -0.1) is 0 Å². The average molecular weight is 313 g/mol. The van der Waals surface area contributed by atoms with E-state index in [0.717, 1.165) is 32.2 Å². The summed E-state index contributed by atoms with van der Waals surface area (Å²) in [6.45, 7) is 4.93. The normalized spacial score (nSPS) is 23.3. The van der Waals surface area contributed by atoms with Crippen LogP contribution in [0.2, 0.25) is 0 Å². The molecule has 0 spiro atoms. The molecule has 7 heteroatoms. The Morgan fingerprint density at radius 2 is 1.91 bits per heavy atom. The first kappa shape index (κ1) is 16.9. The molecule has 0 saturated carbocycles. The van der Waals surface area contributed by atoms with Crippen molar-refractivity contribution in [1.29, 1.82) is 0 Å². The molecule has 2 heterocycles. The maximum absolute atomic E-state index is 12.3. The Kier molecular flexibility index (Phi) is 6.30. The lowest BCUT2D eigenvalue weighted by molar-refractivity contribution is 0.0938. The van der Waals surface area contributed by atoms with Crippen LogP contribution in [0.15, 0.2) is 0 Å². The van der Waals surface area contributed by atoms with Gasteiger partial charge in [-0.1, -0.05) is 0 Å². The molecule has 2 rings (SSSR count). The molecule has 22 heavy (non-hydrogen) atoms. The molecule has 0 aliphatic carbocycles. The quantitative estimate of drug-likeness (QED) is 0.815. The Balaban J connectivity index is 1.73. The molecule has 2 saturated heterocycles. The summed E-state index contributed by atoms with van der Waals surface area (Å²) in [6.07, 6.45) is 3.16. The molecule has 0 aromatic rings. The molecule has 0 radical (unpaired) electrons. The maximum Gasteiger partial charge on any atom is 0.409 e. The molecular formula is C15H27N3O4. The van der Waals surface area contributed by atoms with Crippen molar-refractivity contribution in [3.05, 3.63) is 0 Å². The molecule has 1 atom stereocenters. The second-order valence-corrected chi connectivity index (χ2v) is 6.05. The van der Waals surface area contributed by atoms with Crippen LogP contribution in [0.1, 0.15) is 32.6 Å². The first-order chi connectivity index (χ1) is 10.6. The number of hydrogen-bond acceptors (Lipinski definition) is 4. The van der Waals surface area contributed by atoms with Crippen LogP contribution in [0.5, 0.6) is 0 Å². The van der Waals surface area contributed by atoms with Crippen molar-refractivity contribution in [2.45, 2.75) is 38.6 Å². The van der Waals surface area contributed by atoms with Crippen molar-refractivity contribution in [2.75, 3.05) is 39.4 Å². The number of ether oxygens (including phenoxy) is 1. The lowest BCUT2D eigenvalue weighted by Gasteiger charge is -2.35. The van der Waals surface area contributed by atoms with Gasteiger partial charge in [0, 0.05) is 38.8 Å². The van der Waals surface area contributed by atoms with Gasteiger partial charge in [0.1, 0.15) is 0 Å². The number of rotatable bonds is 3. The zero-order chi connectivity index (χ0) is 15.9. The van der Waals surface area contributed by atoms with Gasteiger partial charge in [-0.25, -0.2) is 9.59 Å². The van der Waals surface area contributed by atoms with Crippen molar-refractivity contribution >= 4 is 12.1 Å². The minimum Gasteiger partial charge on any atom is -0.450 e. The summed E-state index contributed by atoms with van der Waals surface area (Å²) < 4.78 is 4.98. The van der Waals surface area contributed by atoms with Crippen LogP contribution in [-0.4, -0.2) is 72.5 Å². The molecule has 7 nitrogen and oxygen atoms in total. The third-order valence-electron chi connectivity index (χ3n) is 4.41. The Bertz CT molecular complexity index is 383. The third kappa shape index (κ3) is 4.50. The number of carbonyl (C=O) groups excluding carboxylic acids is 2. The molecule has 3 amide bonds. The highest BCUT2D eigenvalue weighted by Crippen LogP contribution is 2.17. The molecule has 0 aromatic carbocycles. The van der Waals surface area contributed by atoms with Crippen LogP contribution in [0.25, 0.3) is 0 Å². The third-order valence-corrected chi connectivity index (χ3v) is 4.41. The Hall–Kier alpha value is -1.50. The molecule has 2 aliphatic heterocycles. The van der Waals surface area contributed by atoms with E-state index in [4.69, 9.17) is 4.74 Å². The second-order valence-electron chi connectivity index (χ2n) is 6.05. The highest BCUT2D eigenvalue weighted by molar-refractivity contribution is 5.74. The maximum atomic E-state index is 12.3. The standard InChI is InChI=1S/C15H27N3O4/c1-2-22-15(21)17-8-5-13(6-9-17)16-14(20)18-7-3-4-12(10-18)11-19/h12-13,19H,2-11H2,1H3,(H,16,20). The Labute approximate surface area is 131 Å². The first-order valence-electron chi connectivity index (χ1n) is 8.22. The van der Waals surface area contributed by atoms with E-state index in [1.54, 1.807) is 16.7 Å². The molecule has 0 aromatic heterocycles. The van der Waals surface area contributed by atoms with E-state index in [1.807, 2.05) is 0 Å². The molecule has 2 aliphatic rings. The van der Waals surface area contributed by atoms with Gasteiger partial charge in [0.05, 0.1) is 6.61 Å². The van der Waals surface area contributed by atoms with Crippen molar-refractivity contribution in [2.24, 2.45) is 5.92 Å². The largest absolute Gasteiger partial charge is 0.450 e. The van der Waals surface area contributed by atoms with Crippen LogP contribution >= 0.6 is 0 Å². The number of piperidine rings is 2. The monoisotopic (exact) mass is 313 g/mol. The number of urea groups is 1. The molecule has 2 N–H and O–H groups in total. The highest BCUT2D eigenvalue weighted by atomic mass is 16.6. The number of amides is 3. The van der Waals surface area contributed by atoms with E-state index in [0.29, 0.717) is 26.2 Å². The number of hydrogen-bond donors (Lipinski definition) is 2. The number of nitrogens with zero attached hydrogens (tertiary/aromatic N) is 2. The van der Waals surface area contributed by atoms with Crippen molar-refractivity contribution < 1.29 is 19.4 Å².